The highest BCUT2D eigenvalue weighted by Crippen LogP contribution is 2.32. The fraction of sp³-hybridized carbons (Fsp3) is 0.462. The fourth-order valence-corrected chi connectivity index (χ4v) is 2.66. The molecule has 2 aliphatic rings. The molecule has 0 aromatic heterocycles. The number of carbonyl (C=O) groups is 1. The van der Waals surface area contributed by atoms with Crippen LogP contribution < -0.4 is 15.5 Å². The number of aryl methyl sites for hydroxylation is 1. The first-order valence-corrected chi connectivity index (χ1v) is 6.12. The Balaban J connectivity index is 2.07. The first kappa shape index (κ1) is 10.6. The van der Waals surface area contributed by atoms with Gasteiger partial charge in [-0.05, 0) is 24.6 Å². The Bertz CT molecular complexity index is 458. The average molecular weight is 231 g/mol. The van der Waals surface area contributed by atoms with Crippen LogP contribution >= 0.6 is 0 Å². The largest absolute Gasteiger partial charge is 0.364 e. The van der Waals surface area contributed by atoms with Gasteiger partial charge >= 0.3 is 0 Å². The molecule has 1 saturated heterocycles. The molecule has 2 aliphatic heterocycles. The van der Waals surface area contributed by atoms with Crippen molar-refractivity contribution in [3.8, 4) is 0 Å². The lowest BCUT2D eigenvalue weighted by Crippen LogP contribution is -2.51. The van der Waals surface area contributed by atoms with E-state index in [1.165, 1.54) is 11.3 Å². The molecular formula is C13H17N3O. The van der Waals surface area contributed by atoms with E-state index in [1.807, 2.05) is 12.1 Å². The lowest BCUT2D eigenvalue weighted by atomic mass is 10.1. The van der Waals surface area contributed by atoms with E-state index in [9.17, 15) is 4.79 Å². The number of anilines is 2. The van der Waals surface area contributed by atoms with Gasteiger partial charge in [0.1, 0.15) is 0 Å². The molecule has 90 valence electrons. The van der Waals surface area contributed by atoms with Gasteiger partial charge in [-0.3, -0.25) is 4.79 Å². The molecule has 1 amide bonds. The summed E-state index contributed by atoms with van der Waals surface area (Å²) in [6, 6.07) is 6.50. The summed E-state index contributed by atoms with van der Waals surface area (Å²) in [5.41, 5.74) is 3.35. The van der Waals surface area contributed by atoms with Crippen molar-refractivity contribution < 1.29 is 4.79 Å². The number of amides is 1. The van der Waals surface area contributed by atoms with Crippen LogP contribution in [0.4, 0.5) is 11.4 Å². The number of nitrogens with zero attached hydrogens (tertiary/aromatic N) is 1. The van der Waals surface area contributed by atoms with Crippen molar-refractivity contribution in [1.29, 1.82) is 0 Å². The van der Waals surface area contributed by atoms with E-state index in [2.05, 4.69) is 28.5 Å². The zero-order valence-electron chi connectivity index (χ0n) is 9.99. The number of rotatable bonds is 0. The Morgan fingerprint density at radius 3 is 3.18 bits per heavy atom. The number of benzene rings is 1. The molecule has 1 aromatic carbocycles. The van der Waals surface area contributed by atoms with E-state index in [0.29, 0.717) is 6.42 Å². The third-order valence-electron chi connectivity index (χ3n) is 3.51. The number of hydrogen-bond acceptors (Lipinski definition) is 3. The number of piperazine rings is 1. The summed E-state index contributed by atoms with van der Waals surface area (Å²) in [4.78, 5) is 14.2. The third kappa shape index (κ3) is 1.89. The van der Waals surface area contributed by atoms with Crippen molar-refractivity contribution in [2.75, 3.05) is 29.9 Å². The number of carbonyl (C=O) groups excluding carboxylic acids is 1. The third-order valence-corrected chi connectivity index (χ3v) is 3.51. The smallest absolute Gasteiger partial charge is 0.226 e. The van der Waals surface area contributed by atoms with Gasteiger partial charge in [0, 0.05) is 26.1 Å². The molecule has 4 heteroatoms. The lowest BCUT2D eigenvalue weighted by Gasteiger charge is -2.36. The van der Waals surface area contributed by atoms with Crippen LogP contribution in [0.3, 0.4) is 0 Å². The minimum Gasteiger partial charge on any atom is -0.364 e. The molecule has 2 N–H and O–H groups in total. The SMILES string of the molecule is Cc1ccc2c(c1)N1CCNC[C@H]1CC(=O)N2. The topological polar surface area (TPSA) is 44.4 Å². The maximum Gasteiger partial charge on any atom is 0.226 e. The Kier molecular flexibility index (Phi) is 2.52. The number of nitrogens with one attached hydrogen (secondary N) is 2. The molecule has 0 saturated carbocycles. The van der Waals surface area contributed by atoms with E-state index in [-0.39, 0.29) is 11.9 Å². The Hall–Kier alpha value is -1.55. The van der Waals surface area contributed by atoms with Crippen molar-refractivity contribution in [1.82, 2.24) is 5.32 Å². The summed E-state index contributed by atoms with van der Waals surface area (Å²) in [6.45, 7) is 4.93. The second kappa shape index (κ2) is 4.04. The molecule has 1 fully saturated rings. The summed E-state index contributed by atoms with van der Waals surface area (Å²) in [5, 5.41) is 6.35. The summed E-state index contributed by atoms with van der Waals surface area (Å²) in [6.07, 6.45) is 0.570. The lowest BCUT2D eigenvalue weighted by molar-refractivity contribution is -0.116. The van der Waals surface area contributed by atoms with Crippen LogP contribution in [-0.4, -0.2) is 31.6 Å². The molecule has 3 rings (SSSR count). The second-order valence-corrected chi connectivity index (χ2v) is 4.82. The van der Waals surface area contributed by atoms with Crippen LogP contribution in [0.2, 0.25) is 0 Å². The molecule has 0 aliphatic carbocycles. The van der Waals surface area contributed by atoms with Crippen LogP contribution in [0.15, 0.2) is 18.2 Å². The second-order valence-electron chi connectivity index (χ2n) is 4.82. The van der Waals surface area contributed by atoms with E-state index < -0.39 is 0 Å². The van der Waals surface area contributed by atoms with E-state index in [4.69, 9.17) is 0 Å². The predicted molar refractivity (Wildman–Crippen MR) is 68.4 cm³/mol. The van der Waals surface area contributed by atoms with Crippen molar-refractivity contribution in [3.63, 3.8) is 0 Å². The molecule has 0 unspecified atom stereocenters. The average Bonchev–Trinajstić information content (AvgIpc) is 2.45. The van der Waals surface area contributed by atoms with Gasteiger partial charge in [-0.25, -0.2) is 0 Å². The van der Waals surface area contributed by atoms with Crippen LogP contribution in [0, 0.1) is 6.92 Å². The highest BCUT2D eigenvalue weighted by molar-refractivity contribution is 5.96. The highest BCUT2D eigenvalue weighted by atomic mass is 16.1. The molecule has 4 nitrogen and oxygen atoms in total. The van der Waals surface area contributed by atoms with Gasteiger partial charge in [-0.2, -0.15) is 0 Å². The zero-order chi connectivity index (χ0) is 11.8. The van der Waals surface area contributed by atoms with E-state index >= 15 is 0 Å². The fourth-order valence-electron chi connectivity index (χ4n) is 2.66. The minimum absolute atomic E-state index is 0.117. The molecule has 0 radical (unpaired) electrons. The first-order valence-electron chi connectivity index (χ1n) is 6.12. The molecule has 1 atom stereocenters. The normalized spacial score (nSPS) is 23.5. The van der Waals surface area contributed by atoms with Gasteiger partial charge in [0.25, 0.3) is 0 Å². The molecule has 0 spiro atoms. The maximum absolute atomic E-state index is 11.8. The summed E-state index contributed by atoms with van der Waals surface area (Å²) < 4.78 is 0. The molecular weight excluding hydrogens is 214 g/mol. The number of hydrogen-bond donors (Lipinski definition) is 2. The standard InChI is InChI=1S/C13H17N3O/c1-9-2-3-11-12(6-9)16-5-4-14-8-10(16)7-13(17)15-11/h2-3,6,10,14H,4-5,7-8H2,1H3,(H,15,17)/t10-/m1/s1. The van der Waals surface area contributed by atoms with Crippen LogP contribution in [-0.2, 0) is 4.79 Å². The van der Waals surface area contributed by atoms with Crippen LogP contribution in [0.25, 0.3) is 0 Å². The van der Waals surface area contributed by atoms with Crippen LogP contribution in [0.1, 0.15) is 12.0 Å². The van der Waals surface area contributed by atoms with Crippen molar-refractivity contribution >= 4 is 17.3 Å². The summed E-state index contributed by atoms with van der Waals surface area (Å²) >= 11 is 0. The first-order chi connectivity index (χ1) is 8.24. The number of fused-ring (bicyclic) bond motifs is 3. The van der Waals surface area contributed by atoms with Crippen molar-refractivity contribution in [2.24, 2.45) is 0 Å². The molecule has 2 heterocycles. The highest BCUT2D eigenvalue weighted by Gasteiger charge is 2.29. The molecule has 0 bridgehead atoms. The Morgan fingerprint density at radius 2 is 2.29 bits per heavy atom. The van der Waals surface area contributed by atoms with Gasteiger partial charge in [0.15, 0.2) is 0 Å². The van der Waals surface area contributed by atoms with Gasteiger partial charge in [-0.15, -0.1) is 0 Å². The van der Waals surface area contributed by atoms with Gasteiger partial charge in [0.2, 0.25) is 5.91 Å². The van der Waals surface area contributed by atoms with Crippen LogP contribution in [0.5, 0.6) is 0 Å². The van der Waals surface area contributed by atoms with Gasteiger partial charge < -0.3 is 15.5 Å². The quantitative estimate of drug-likeness (QED) is 0.703. The van der Waals surface area contributed by atoms with Gasteiger partial charge in [0.05, 0.1) is 17.4 Å². The zero-order valence-corrected chi connectivity index (χ0v) is 9.99. The van der Waals surface area contributed by atoms with Gasteiger partial charge in [-0.1, -0.05) is 6.07 Å². The van der Waals surface area contributed by atoms with E-state index in [1.54, 1.807) is 0 Å². The summed E-state index contributed by atoms with van der Waals surface area (Å²) in [5.74, 6) is 0.117. The molecule has 17 heavy (non-hydrogen) atoms. The Labute approximate surface area is 101 Å². The molecule has 1 aromatic rings. The van der Waals surface area contributed by atoms with Crippen molar-refractivity contribution in [2.45, 2.75) is 19.4 Å². The summed E-state index contributed by atoms with van der Waals surface area (Å²) in [7, 11) is 0. The van der Waals surface area contributed by atoms with E-state index in [0.717, 1.165) is 25.3 Å². The van der Waals surface area contributed by atoms with Crippen molar-refractivity contribution in [3.05, 3.63) is 23.8 Å². The Morgan fingerprint density at radius 1 is 1.41 bits per heavy atom. The monoisotopic (exact) mass is 231 g/mol. The minimum atomic E-state index is 0.117. The maximum atomic E-state index is 11.8. The predicted octanol–water partition coefficient (Wildman–Crippen LogP) is 1.12.